The summed E-state index contributed by atoms with van der Waals surface area (Å²) in [5, 5.41) is 69.8. The van der Waals surface area contributed by atoms with Crippen LogP contribution < -0.4 is 10.1 Å². The van der Waals surface area contributed by atoms with Crippen LogP contribution in [-0.4, -0.2) is 27.8 Å². The number of hydrogen-bond donors (Lipinski definition) is 5. The number of nitrogens with one attached hydrogen (secondary N) is 1. The van der Waals surface area contributed by atoms with Crippen molar-refractivity contribution in [3.05, 3.63) is 103 Å². The second kappa shape index (κ2) is 17.2. The monoisotopic (exact) mass is 762 g/mol. The number of phenolic OH excluding ortho intramolecular Hbond substituents is 2. The van der Waals surface area contributed by atoms with Gasteiger partial charge in [-0.15, -0.1) is 24.0 Å². The molecular weight excluding hydrogens is 738 g/mol. The molecule has 0 unspecified atom stereocenters. The van der Waals surface area contributed by atoms with E-state index >= 15 is 0 Å². The van der Waals surface area contributed by atoms with E-state index in [0.29, 0.717) is 33.4 Å². The molecule has 6 aromatic rings. The van der Waals surface area contributed by atoms with Crippen molar-refractivity contribution in [3.8, 4) is 17.2 Å². The second-order valence-electron chi connectivity index (χ2n) is 10.1. The van der Waals surface area contributed by atoms with Gasteiger partial charge >= 0.3 is 0 Å². The minimum Gasteiger partial charge on any atom is -0.506 e. The van der Waals surface area contributed by atoms with Gasteiger partial charge in [0.2, 0.25) is 0 Å². The molecular formula is C33H25CuN5O9S2. The summed E-state index contributed by atoms with van der Waals surface area (Å²) in [6.07, 6.45) is 0. The minimum atomic E-state index is -0.286. The van der Waals surface area contributed by atoms with Gasteiger partial charge in [-0.2, -0.15) is 5.11 Å². The molecule has 0 aliphatic heterocycles. The molecule has 259 valence electrons. The van der Waals surface area contributed by atoms with Crippen LogP contribution in [-0.2, 0) is 35.8 Å². The van der Waals surface area contributed by atoms with E-state index in [1.165, 1.54) is 19.2 Å². The summed E-state index contributed by atoms with van der Waals surface area (Å²) < 4.78 is 14.6. The van der Waals surface area contributed by atoms with E-state index in [1.54, 1.807) is 36.4 Å². The Labute approximate surface area is 302 Å². The number of rotatable bonds is 13. The Kier molecular flexibility index (Phi) is 12.6. The van der Waals surface area contributed by atoms with Crippen molar-refractivity contribution in [2.45, 2.75) is 9.79 Å². The zero-order valence-corrected chi connectivity index (χ0v) is 28.1. The number of benzene rings is 6. The third-order valence-electron chi connectivity index (χ3n) is 7.03. The Hall–Kier alpha value is -4.78. The van der Waals surface area contributed by atoms with Crippen LogP contribution in [0.25, 0.3) is 21.5 Å². The Balaban J connectivity index is 0.00000486. The van der Waals surface area contributed by atoms with Crippen LogP contribution >= 0.6 is 24.1 Å². The van der Waals surface area contributed by atoms with Crippen molar-refractivity contribution >= 4 is 79.8 Å². The van der Waals surface area contributed by atoms with Crippen LogP contribution in [0.3, 0.4) is 0 Å². The zero-order valence-electron chi connectivity index (χ0n) is 25.6. The molecule has 0 heterocycles. The predicted octanol–water partition coefficient (Wildman–Crippen LogP) is 10.8. The number of methoxy groups -OCH3 is 1. The Morgan fingerprint density at radius 2 is 1.40 bits per heavy atom. The van der Waals surface area contributed by atoms with E-state index in [2.05, 4.69) is 44.5 Å². The first-order valence-electron chi connectivity index (χ1n) is 14.2. The van der Waals surface area contributed by atoms with Crippen molar-refractivity contribution in [3.63, 3.8) is 0 Å². The molecule has 0 saturated heterocycles. The molecule has 0 fully saturated rings. The number of nitrogens with zero attached hydrogens (tertiary/aromatic N) is 4. The van der Waals surface area contributed by atoms with Crippen LogP contribution in [0.15, 0.2) is 133 Å². The standard InChI is InChI=1S/C33H25N5O9S2.Cu/c1-43-30-18-27(29(39)17-28(30)37-35-24-9-7-19-8-11-25(48-46-44-41)15-20(19)13-24)36-38-32-31(49-47-45-42)16-21-14-23(10-12-26(21)33(32)40)34-22-5-3-2-4-6-22;/h2-18,34,39-42H,1H3;. The van der Waals surface area contributed by atoms with Crippen LogP contribution in [0, 0.1) is 0 Å². The summed E-state index contributed by atoms with van der Waals surface area (Å²) in [7, 11) is 1.43. The number of fused-ring (bicyclic) bond motifs is 2. The quantitative estimate of drug-likeness (QED) is 0.0246. The molecule has 0 amide bonds. The molecule has 0 bridgehead atoms. The molecule has 1 radical (unpaired) electrons. The number of hydrogen-bond acceptors (Lipinski definition) is 16. The van der Waals surface area contributed by atoms with Gasteiger partial charge in [0, 0.05) is 50.9 Å². The fourth-order valence-corrected chi connectivity index (χ4v) is 5.70. The molecule has 14 nitrogen and oxygen atoms in total. The van der Waals surface area contributed by atoms with Crippen LogP contribution in [0.2, 0.25) is 0 Å². The number of anilines is 2. The summed E-state index contributed by atoms with van der Waals surface area (Å²) in [5.74, 6) is -0.265. The van der Waals surface area contributed by atoms with E-state index in [-0.39, 0.29) is 56.3 Å². The molecule has 0 saturated carbocycles. The third-order valence-corrected chi connectivity index (χ3v) is 8.23. The molecule has 0 aromatic heterocycles. The topological polar surface area (TPSA) is 189 Å². The molecule has 6 aromatic carbocycles. The minimum absolute atomic E-state index is 0. The average molecular weight is 763 g/mol. The smallest absolute Gasteiger partial charge is 0.152 e. The van der Waals surface area contributed by atoms with Gasteiger partial charge in [-0.25, -0.2) is 10.5 Å². The molecule has 0 spiro atoms. The van der Waals surface area contributed by atoms with Crippen molar-refractivity contribution in [1.29, 1.82) is 0 Å². The summed E-state index contributed by atoms with van der Waals surface area (Å²) in [6, 6.07) is 30.3. The first-order valence-corrected chi connectivity index (χ1v) is 15.6. The van der Waals surface area contributed by atoms with Crippen LogP contribution in [0.5, 0.6) is 17.2 Å². The van der Waals surface area contributed by atoms with Crippen LogP contribution in [0.4, 0.5) is 34.1 Å². The van der Waals surface area contributed by atoms with Crippen molar-refractivity contribution in [2.24, 2.45) is 20.5 Å². The second-order valence-corrected chi connectivity index (χ2v) is 11.6. The fraction of sp³-hybridized carbons (Fsp3) is 0.0303. The maximum atomic E-state index is 11.2. The van der Waals surface area contributed by atoms with E-state index < -0.39 is 0 Å². The van der Waals surface area contributed by atoms with Crippen molar-refractivity contribution in [1.82, 2.24) is 0 Å². The molecule has 0 atom stereocenters. The SMILES string of the molecule is COc1cc(N=Nc2c(SOOO)cc3cc(Nc4ccccc4)ccc3c2O)c(O)cc1N=Nc1ccc2ccc(SOOO)cc2c1.[Cu]. The van der Waals surface area contributed by atoms with Crippen LogP contribution in [0.1, 0.15) is 0 Å². The Bertz CT molecular complexity index is 2180. The molecule has 0 aliphatic carbocycles. The van der Waals surface area contributed by atoms with E-state index in [9.17, 15) is 10.2 Å². The molecule has 0 aliphatic rings. The molecule has 50 heavy (non-hydrogen) atoms. The molecule has 6 rings (SSSR count). The largest absolute Gasteiger partial charge is 0.506 e. The van der Waals surface area contributed by atoms with Crippen molar-refractivity contribution < 1.29 is 61.3 Å². The predicted molar refractivity (Wildman–Crippen MR) is 184 cm³/mol. The van der Waals surface area contributed by atoms with Gasteiger partial charge in [-0.05, 0) is 76.8 Å². The zero-order chi connectivity index (χ0) is 34.2. The fourth-order valence-electron chi connectivity index (χ4n) is 4.79. The summed E-state index contributed by atoms with van der Waals surface area (Å²) >= 11 is 1.44. The Morgan fingerprint density at radius 3 is 2.18 bits per heavy atom. The molecule has 5 N–H and O–H groups in total. The summed E-state index contributed by atoms with van der Waals surface area (Å²) in [4.78, 5) is 0.945. The number of azo groups is 2. The third kappa shape index (κ3) is 8.68. The number of para-hydroxylation sites is 1. The first-order chi connectivity index (χ1) is 23.9. The van der Waals surface area contributed by atoms with Gasteiger partial charge in [-0.1, -0.05) is 40.4 Å². The maximum Gasteiger partial charge on any atom is 0.152 e. The van der Waals surface area contributed by atoms with E-state index in [1.807, 2.05) is 54.6 Å². The number of aromatic hydroxyl groups is 2. The molecule has 17 heteroatoms. The van der Waals surface area contributed by atoms with Crippen molar-refractivity contribution in [2.75, 3.05) is 12.4 Å². The summed E-state index contributed by atoms with van der Waals surface area (Å²) in [6.45, 7) is 0. The summed E-state index contributed by atoms with van der Waals surface area (Å²) in [5.41, 5.74) is 2.40. The van der Waals surface area contributed by atoms with Gasteiger partial charge in [0.15, 0.2) is 5.75 Å². The van der Waals surface area contributed by atoms with Gasteiger partial charge in [-0.3, -0.25) is 0 Å². The normalized spacial score (nSPS) is 11.4. The number of ether oxygens (including phenoxy) is 1. The average Bonchev–Trinajstić information content (AvgIpc) is 3.12. The van der Waals surface area contributed by atoms with E-state index in [0.717, 1.165) is 34.2 Å². The van der Waals surface area contributed by atoms with Gasteiger partial charge < -0.3 is 20.3 Å². The first kappa shape index (κ1) is 36.5. The number of phenols is 2. The van der Waals surface area contributed by atoms with Gasteiger partial charge in [0.1, 0.15) is 28.6 Å². The van der Waals surface area contributed by atoms with Gasteiger partial charge in [0.05, 0.1) is 41.8 Å². The van der Waals surface area contributed by atoms with Gasteiger partial charge in [0.25, 0.3) is 0 Å². The Morgan fingerprint density at radius 1 is 0.640 bits per heavy atom. The van der Waals surface area contributed by atoms with E-state index in [4.69, 9.17) is 15.3 Å². The maximum absolute atomic E-state index is 11.2.